The molecule has 0 radical (unpaired) electrons. The minimum Gasteiger partial charge on any atom is -0.466 e. The van der Waals surface area contributed by atoms with Crippen LogP contribution in [0.1, 0.15) is 57.6 Å². The number of nitro groups is 1. The molecule has 0 saturated carbocycles. The Hall–Kier alpha value is -4.05. The third-order valence-corrected chi connectivity index (χ3v) is 6.87. The Labute approximate surface area is 240 Å². The lowest BCUT2D eigenvalue weighted by Crippen LogP contribution is -2.37. The number of ether oxygens (including phenoxy) is 2. The second-order valence-corrected chi connectivity index (χ2v) is 11.1. The normalized spacial score (nSPS) is 15.6. The summed E-state index contributed by atoms with van der Waals surface area (Å²) in [7, 11) is 3.18. The van der Waals surface area contributed by atoms with Crippen LogP contribution in [-0.2, 0) is 25.6 Å². The molecule has 10 heteroatoms. The highest BCUT2D eigenvalue weighted by Crippen LogP contribution is 2.42. The predicted octanol–water partition coefficient (Wildman–Crippen LogP) is 5.62. The molecule has 2 aromatic rings. The molecule has 0 aliphatic carbocycles. The van der Waals surface area contributed by atoms with Crippen molar-refractivity contribution in [2.75, 3.05) is 27.3 Å². The summed E-state index contributed by atoms with van der Waals surface area (Å²) in [5.74, 6) is -3.90. The summed E-state index contributed by atoms with van der Waals surface area (Å²) in [6.45, 7) is 8.87. The van der Waals surface area contributed by atoms with Gasteiger partial charge in [-0.2, -0.15) is 4.39 Å². The fourth-order valence-corrected chi connectivity index (χ4v) is 5.24. The van der Waals surface area contributed by atoms with E-state index >= 15 is 4.39 Å². The highest BCUT2D eigenvalue weighted by atomic mass is 19.1. The molecule has 1 aliphatic rings. The van der Waals surface area contributed by atoms with E-state index in [4.69, 9.17) is 9.47 Å². The van der Waals surface area contributed by atoms with Crippen molar-refractivity contribution in [2.45, 2.75) is 53.0 Å². The van der Waals surface area contributed by atoms with Gasteiger partial charge in [-0.05, 0) is 26.0 Å². The van der Waals surface area contributed by atoms with Gasteiger partial charge in [0.05, 0.1) is 35.7 Å². The number of carbonyl (C=O) groups excluding carboxylic acids is 2. The predicted molar refractivity (Wildman–Crippen MR) is 153 cm³/mol. The lowest BCUT2D eigenvalue weighted by atomic mass is 9.79. The number of methoxy groups -OCH3 is 1. The second kappa shape index (κ2) is 13.5. The first-order valence-corrected chi connectivity index (χ1v) is 13.5. The third kappa shape index (κ3) is 7.58. The molecule has 9 nitrogen and oxygen atoms in total. The van der Waals surface area contributed by atoms with E-state index in [1.807, 2.05) is 58.2 Å². The highest BCUT2D eigenvalue weighted by molar-refractivity contribution is 6.00. The largest absolute Gasteiger partial charge is 0.466 e. The lowest BCUT2D eigenvalue weighted by molar-refractivity contribution is -0.387. The number of hydrogen-bond acceptors (Lipinski definition) is 8. The monoisotopic (exact) mass is 567 g/mol. The van der Waals surface area contributed by atoms with Crippen LogP contribution in [0.4, 0.5) is 10.1 Å². The first-order valence-electron chi connectivity index (χ1n) is 13.5. The van der Waals surface area contributed by atoms with Gasteiger partial charge in [-0.15, -0.1) is 0 Å². The zero-order valence-corrected chi connectivity index (χ0v) is 24.5. The molecule has 1 N–H and O–H groups in total. The van der Waals surface area contributed by atoms with Gasteiger partial charge in [0.15, 0.2) is 0 Å². The van der Waals surface area contributed by atoms with Crippen molar-refractivity contribution in [3.8, 4) is 0 Å². The average Bonchev–Trinajstić information content (AvgIpc) is 2.91. The standard InChI is InChI=1S/C31H38FN3O6/c1-7-12-23-27(29(36)40-6)26(22-15-11-16-24(28(22)32)35(38)39)25(20(2)33-23)30(37)41-19-31(3,4)18-34(5)17-21-13-9-8-10-14-21/h8-11,13-16,26,33H,7,12,17-19H2,1-6H3. The number of nitro benzene ring substituents is 1. The first-order chi connectivity index (χ1) is 19.4. The van der Waals surface area contributed by atoms with Crippen LogP contribution in [0.5, 0.6) is 0 Å². The van der Waals surface area contributed by atoms with Crippen molar-refractivity contribution in [3.63, 3.8) is 0 Å². The Bertz CT molecular complexity index is 1350. The topological polar surface area (TPSA) is 111 Å². The number of esters is 2. The molecule has 41 heavy (non-hydrogen) atoms. The van der Waals surface area contributed by atoms with Crippen LogP contribution in [0.25, 0.3) is 0 Å². The average molecular weight is 568 g/mol. The maximum atomic E-state index is 15.6. The van der Waals surface area contributed by atoms with Crippen LogP contribution in [0.2, 0.25) is 0 Å². The van der Waals surface area contributed by atoms with Crippen molar-refractivity contribution < 1.29 is 28.4 Å². The Morgan fingerprint density at radius 3 is 2.39 bits per heavy atom. The van der Waals surface area contributed by atoms with Crippen molar-refractivity contribution in [1.82, 2.24) is 10.2 Å². The van der Waals surface area contributed by atoms with Gasteiger partial charge in [-0.1, -0.05) is 69.7 Å². The summed E-state index contributed by atoms with van der Waals surface area (Å²) >= 11 is 0. The van der Waals surface area contributed by atoms with Gasteiger partial charge in [0.2, 0.25) is 5.82 Å². The molecule has 1 heterocycles. The summed E-state index contributed by atoms with van der Waals surface area (Å²) in [5, 5.41) is 14.7. The second-order valence-electron chi connectivity index (χ2n) is 11.1. The Kier molecular flexibility index (Phi) is 10.4. The first kappa shape index (κ1) is 31.5. The Balaban J connectivity index is 1.95. The summed E-state index contributed by atoms with van der Waals surface area (Å²) in [5.41, 5.74) is 0.636. The smallest absolute Gasteiger partial charge is 0.336 e. The fourth-order valence-electron chi connectivity index (χ4n) is 5.24. The van der Waals surface area contributed by atoms with E-state index < -0.39 is 39.7 Å². The number of halogens is 1. The molecule has 1 unspecified atom stereocenters. The zero-order valence-electron chi connectivity index (χ0n) is 24.5. The Morgan fingerprint density at radius 1 is 1.10 bits per heavy atom. The van der Waals surface area contributed by atoms with Crippen molar-refractivity contribution in [3.05, 3.63) is 98.1 Å². The molecule has 0 saturated heterocycles. The molecule has 1 aliphatic heterocycles. The molecule has 0 bridgehead atoms. The number of dihydropyridines is 1. The molecule has 0 amide bonds. The third-order valence-electron chi connectivity index (χ3n) is 6.87. The summed E-state index contributed by atoms with van der Waals surface area (Å²) < 4.78 is 26.4. The maximum Gasteiger partial charge on any atom is 0.336 e. The van der Waals surface area contributed by atoms with E-state index in [0.29, 0.717) is 37.3 Å². The van der Waals surface area contributed by atoms with Crippen LogP contribution < -0.4 is 5.32 Å². The van der Waals surface area contributed by atoms with Gasteiger partial charge >= 0.3 is 17.6 Å². The minimum absolute atomic E-state index is 0.00177. The van der Waals surface area contributed by atoms with E-state index in [1.54, 1.807) is 6.92 Å². The van der Waals surface area contributed by atoms with Gasteiger partial charge in [-0.3, -0.25) is 10.1 Å². The number of benzene rings is 2. The Morgan fingerprint density at radius 2 is 1.78 bits per heavy atom. The van der Waals surface area contributed by atoms with Crippen LogP contribution >= 0.6 is 0 Å². The fraction of sp³-hybridized carbons (Fsp3) is 0.419. The van der Waals surface area contributed by atoms with Crippen molar-refractivity contribution in [1.29, 1.82) is 0 Å². The summed E-state index contributed by atoms with van der Waals surface area (Å²) in [4.78, 5) is 39.6. The highest BCUT2D eigenvalue weighted by Gasteiger charge is 2.41. The van der Waals surface area contributed by atoms with E-state index in [2.05, 4.69) is 10.2 Å². The molecular formula is C31H38FN3O6. The molecular weight excluding hydrogens is 529 g/mol. The quantitative estimate of drug-likeness (QED) is 0.200. The van der Waals surface area contributed by atoms with Gasteiger partial charge in [0.25, 0.3) is 0 Å². The minimum atomic E-state index is -1.26. The number of rotatable bonds is 12. The van der Waals surface area contributed by atoms with Crippen molar-refractivity contribution >= 4 is 17.6 Å². The number of allylic oxidation sites excluding steroid dienone is 2. The summed E-state index contributed by atoms with van der Waals surface area (Å²) in [6, 6.07) is 13.7. The van der Waals surface area contributed by atoms with Crippen LogP contribution in [-0.4, -0.2) is 49.1 Å². The van der Waals surface area contributed by atoms with Crippen LogP contribution in [0.3, 0.4) is 0 Å². The van der Waals surface area contributed by atoms with Gasteiger partial charge in [0.1, 0.15) is 0 Å². The zero-order chi connectivity index (χ0) is 30.3. The molecule has 0 fully saturated rings. The molecule has 1 atom stereocenters. The molecule has 220 valence electrons. The van der Waals surface area contributed by atoms with Crippen LogP contribution in [0.15, 0.2) is 71.1 Å². The number of carbonyl (C=O) groups is 2. The maximum absolute atomic E-state index is 15.6. The van der Waals surface area contributed by atoms with Gasteiger partial charge < -0.3 is 19.7 Å². The lowest BCUT2D eigenvalue weighted by Gasteiger charge is -2.33. The molecule has 2 aromatic carbocycles. The summed E-state index contributed by atoms with van der Waals surface area (Å²) in [6.07, 6.45) is 1.06. The number of hydrogen-bond donors (Lipinski definition) is 1. The van der Waals surface area contributed by atoms with E-state index in [9.17, 15) is 19.7 Å². The molecule has 3 rings (SSSR count). The van der Waals surface area contributed by atoms with Gasteiger partial charge in [0, 0.05) is 41.5 Å². The number of nitrogens with zero attached hydrogens (tertiary/aromatic N) is 2. The van der Waals surface area contributed by atoms with E-state index in [1.165, 1.54) is 19.2 Å². The van der Waals surface area contributed by atoms with Gasteiger partial charge in [-0.25, -0.2) is 9.59 Å². The molecule has 0 spiro atoms. The van der Waals surface area contributed by atoms with Crippen molar-refractivity contribution in [2.24, 2.45) is 5.41 Å². The van der Waals surface area contributed by atoms with E-state index in [0.717, 1.165) is 11.6 Å². The van der Waals surface area contributed by atoms with E-state index in [-0.39, 0.29) is 23.3 Å². The SMILES string of the molecule is CCCC1=C(C(=O)OC)C(c2cccc([N+](=O)[O-])c2F)C(C(=O)OCC(C)(C)CN(C)Cc2ccccc2)=C(C)N1. The van der Waals surface area contributed by atoms with Crippen LogP contribution in [0, 0.1) is 21.3 Å². The molecule has 0 aromatic heterocycles. The number of nitrogens with one attached hydrogen (secondary N) is 1.